The van der Waals surface area contributed by atoms with Gasteiger partial charge in [-0.3, -0.25) is 9.59 Å². The van der Waals surface area contributed by atoms with E-state index in [9.17, 15) is 24.9 Å². The third-order valence-electron chi connectivity index (χ3n) is 10.2. The van der Waals surface area contributed by atoms with Gasteiger partial charge >= 0.3 is 0 Å². The number of phenols is 1. The third-order valence-corrected chi connectivity index (χ3v) is 10.2. The SMILES string of the molecule is CCCCC1CC(Cc2ccnc(NCCCO)c2)CC2C#CC(c3ccccc3)c3cc(O)c(OC)cc3CCC(=O)C(O)C(=O)C2C1. The Morgan fingerprint density at radius 3 is 2.55 bits per heavy atom. The van der Waals surface area contributed by atoms with Crippen molar-refractivity contribution >= 4 is 17.4 Å². The number of carbonyl (C=O) groups is 2. The Bertz CT molecular complexity index is 1630. The molecule has 1 heterocycles. The van der Waals surface area contributed by atoms with Gasteiger partial charge in [0.2, 0.25) is 0 Å². The van der Waals surface area contributed by atoms with Gasteiger partial charge in [0.05, 0.1) is 13.0 Å². The van der Waals surface area contributed by atoms with E-state index in [1.165, 1.54) is 7.11 Å². The molecule has 5 rings (SSSR count). The van der Waals surface area contributed by atoms with Gasteiger partial charge in [-0.05, 0) is 96.9 Å². The van der Waals surface area contributed by atoms with E-state index in [2.05, 4.69) is 35.1 Å². The molecule has 2 aromatic carbocycles. The van der Waals surface area contributed by atoms with Crippen LogP contribution in [0, 0.1) is 35.5 Å². The molecular weight excluding hydrogens is 616 g/mol. The van der Waals surface area contributed by atoms with Gasteiger partial charge in [-0.25, -0.2) is 4.98 Å². The fraction of sp³-hybridized carbons (Fsp3) is 0.488. The minimum absolute atomic E-state index is 0.00800. The Morgan fingerprint density at radius 1 is 0.980 bits per heavy atom. The summed E-state index contributed by atoms with van der Waals surface area (Å²) in [5.41, 5.74) is 3.66. The molecular formula is C41H50N2O6. The van der Waals surface area contributed by atoms with Gasteiger partial charge in [0.1, 0.15) is 5.82 Å². The summed E-state index contributed by atoms with van der Waals surface area (Å²) in [4.78, 5) is 32.0. The molecule has 6 atom stereocenters. The van der Waals surface area contributed by atoms with Crippen LogP contribution in [0.15, 0.2) is 60.8 Å². The average molecular weight is 667 g/mol. The quantitative estimate of drug-likeness (QED) is 0.107. The topological polar surface area (TPSA) is 129 Å². The minimum atomic E-state index is -1.70. The number of aromatic hydroxyl groups is 1. The lowest BCUT2D eigenvalue weighted by Gasteiger charge is -2.26. The molecule has 0 aliphatic heterocycles. The van der Waals surface area contributed by atoms with Crippen molar-refractivity contribution in [2.45, 2.75) is 83.2 Å². The number of aromatic nitrogens is 1. The monoisotopic (exact) mass is 666 g/mol. The second-order valence-corrected chi connectivity index (χ2v) is 13.7. The number of aryl methyl sites for hydroxylation is 1. The van der Waals surface area contributed by atoms with Gasteiger partial charge in [0.15, 0.2) is 29.2 Å². The van der Waals surface area contributed by atoms with Gasteiger partial charge in [0, 0.05) is 37.6 Å². The van der Waals surface area contributed by atoms with Crippen molar-refractivity contribution in [2.24, 2.45) is 23.7 Å². The number of unbranched alkanes of at least 4 members (excludes halogenated alkanes) is 1. The lowest BCUT2D eigenvalue weighted by atomic mass is 9.77. The Hall–Kier alpha value is -4.19. The number of carbonyl (C=O) groups excluding carboxylic acids is 2. The zero-order chi connectivity index (χ0) is 34.8. The fourth-order valence-electron chi connectivity index (χ4n) is 7.61. The first-order valence-electron chi connectivity index (χ1n) is 17.8. The second-order valence-electron chi connectivity index (χ2n) is 13.7. The molecule has 49 heavy (non-hydrogen) atoms. The summed E-state index contributed by atoms with van der Waals surface area (Å²) >= 11 is 0. The smallest absolute Gasteiger partial charge is 0.173 e. The van der Waals surface area contributed by atoms with E-state index in [4.69, 9.17) is 4.74 Å². The standard InChI is InChI=1S/C41H50N2O6/c1-3-4-9-27-20-29(21-28-16-18-43-39(24-28)42-17-8-19-44)22-31-12-14-33(30-10-6-5-7-11-30)34-26-37(46)38(49-2)25-32(34)13-15-36(45)41(48)40(47)35(31)23-27/h5-7,10-11,16,18,24-27,29,31,33,35,41,44,46,48H,3-4,8-9,13,15,17,19-23H2,1-2H3,(H,42,43). The van der Waals surface area contributed by atoms with Crippen LogP contribution in [0.5, 0.6) is 11.5 Å². The van der Waals surface area contributed by atoms with Crippen LogP contribution >= 0.6 is 0 Å². The first-order chi connectivity index (χ1) is 23.8. The number of methoxy groups -OCH3 is 1. The number of nitrogens with zero attached hydrogens (tertiary/aromatic N) is 1. The van der Waals surface area contributed by atoms with Gasteiger partial charge in [-0.15, -0.1) is 0 Å². The molecule has 4 N–H and O–H groups in total. The zero-order valence-electron chi connectivity index (χ0n) is 28.7. The highest BCUT2D eigenvalue weighted by Gasteiger charge is 2.40. The lowest BCUT2D eigenvalue weighted by molar-refractivity contribution is -0.142. The minimum Gasteiger partial charge on any atom is -0.504 e. The number of phenolic OH excluding ortho intramolecular Hbond substituents is 1. The number of nitrogens with one attached hydrogen (secondary N) is 1. The van der Waals surface area contributed by atoms with E-state index in [1.807, 2.05) is 36.4 Å². The molecule has 1 fully saturated rings. The van der Waals surface area contributed by atoms with E-state index < -0.39 is 29.5 Å². The van der Waals surface area contributed by atoms with Crippen LogP contribution in [-0.4, -0.2) is 58.2 Å². The summed E-state index contributed by atoms with van der Waals surface area (Å²) in [6, 6.07) is 17.4. The number of ketones is 2. The zero-order valence-corrected chi connectivity index (χ0v) is 28.7. The number of Topliss-reactive ketones (excluding diaryl/α,β-unsaturated/α-hetero) is 2. The number of anilines is 1. The molecule has 1 aromatic heterocycles. The molecule has 3 aromatic rings. The summed E-state index contributed by atoms with van der Waals surface area (Å²) in [6.45, 7) is 2.92. The van der Waals surface area contributed by atoms with Crippen LogP contribution < -0.4 is 10.1 Å². The Kier molecular flexibility index (Phi) is 12.9. The maximum Gasteiger partial charge on any atom is 0.173 e. The number of pyridine rings is 1. The highest BCUT2D eigenvalue weighted by molar-refractivity contribution is 6.06. The molecule has 0 saturated heterocycles. The number of rotatable bonds is 11. The molecule has 0 spiro atoms. The molecule has 0 bridgehead atoms. The summed E-state index contributed by atoms with van der Waals surface area (Å²) < 4.78 is 5.41. The summed E-state index contributed by atoms with van der Waals surface area (Å²) in [7, 11) is 1.48. The van der Waals surface area contributed by atoms with Crippen LogP contribution in [0.2, 0.25) is 0 Å². The molecule has 2 aliphatic carbocycles. The van der Waals surface area contributed by atoms with Gasteiger partial charge in [-0.2, -0.15) is 0 Å². The van der Waals surface area contributed by atoms with Crippen molar-refractivity contribution in [1.82, 2.24) is 4.98 Å². The predicted molar refractivity (Wildman–Crippen MR) is 191 cm³/mol. The van der Waals surface area contributed by atoms with Crippen LogP contribution in [-0.2, 0) is 22.4 Å². The van der Waals surface area contributed by atoms with Crippen LogP contribution in [0.3, 0.4) is 0 Å². The largest absolute Gasteiger partial charge is 0.504 e. The first kappa shape index (κ1) is 36.1. The van der Waals surface area contributed by atoms with E-state index in [0.717, 1.165) is 60.2 Å². The number of aliphatic hydroxyl groups excluding tert-OH is 2. The molecule has 0 radical (unpaired) electrons. The predicted octanol–water partition coefficient (Wildman–Crippen LogP) is 6.25. The average Bonchev–Trinajstić information content (AvgIpc) is 3.28. The number of ether oxygens (including phenoxy) is 1. The van der Waals surface area contributed by atoms with Gasteiger partial charge in [0.25, 0.3) is 0 Å². The van der Waals surface area contributed by atoms with Crippen LogP contribution in [0.1, 0.15) is 86.5 Å². The molecule has 2 aliphatic rings. The van der Waals surface area contributed by atoms with Crippen molar-refractivity contribution in [3.05, 3.63) is 83.0 Å². The highest BCUT2D eigenvalue weighted by Crippen LogP contribution is 2.42. The molecule has 1 saturated carbocycles. The van der Waals surface area contributed by atoms with Crippen molar-refractivity contribution in [1.29, 1.82) is 0 Å². The Balaban J connectivity index is 1.58. The van der Waals surface area contributed by atoms with E-state index in [-0.39, 0.29) is 43.0 Å². The molecule has 0 amide bonds. The fourth-order valence-corrected chi connectivity index (χ4v) is 7.61. The number of benzene rings is 2. The number of aliphatic hydroxyl groups is 2. The van der Waals surface area contributed by atoms with Crippen LogP contribution in [0.25, 0.3) is 0 Å². The van der Waals surface area contributed by atoms with Gasteiger partial charge in [-0.1, -0.05) is 68.4 Å². The molecule has 6 unspecified atom stereocenters. The Morgan fingerprint density at radius 2 is 1.80 bits per heavy atom. The maximum absolute atomic E-state index is 14.1. The van der Waals surface area contributed by atoms with Crippen molar-refractivity contribution < 1.29 is 29.6 Å². The molecule has 8 nitrogen and oxygen atoms in total. The lowest BCUT2D eigenvalue weighted by Crippen LogP contribution is -2.38. The summed E-state index contributed by atoms with van der Waals surface area (Å²) in [5.74, 6) is 6.44. The van der Waals surface area contributed by atoms with Crippen molar-refractivity contribution in [3.63, 3.8) is 0 Å². The highest BCUT2D eigenvalue weighted by atomic mass is 16.5. The van der Waals surface area contributed by atoms with Crippen molar-refractivity contribution in [2.75, 3.05) is 25.6 Å². The second kappa shape index (κ2) is 17.5. The van der Waals surface area contributed by atoms with E-state index in [0.29, 0.717) is 31.6 Å². The molecule has 8 heteroatoms. The van der Waals surface area contributed by atoms with Crippen molar-refractivity contribution in [3.8, 4) is 23.3 Å². The van der Waals surface area contributed by atoms with E-state index in [1.54, 1.807) is 18.3 Å². The number of fused-ring (bicyclic) bond motifs is 2. The van der Waals surface area contributed by atoms with Crippen LogP contribution in [0.4, 0.5) is 5.82 Å². The Labute approximate surface area is 290 Å². The first-order valence-corrected chi connectivity index (χ1v) is 17.8. The normalized spacial score (nSPS) is 24.2. The number of hydrogen-bond donors (Lipinski definition) is 4. The van der Waals surface area contributed by atoms with E-state index >= 15 is 0 Å². The summed E-state index contributed by atoms with van der Waals surface area (Å²) in [5, 5.41) is 34.6. The summed E-state index contributed by atoms with van der Waals surface area (Å²) in [6.07, 6.45) is 7.05. The third kappa shape index (κ3) is 9.29. The molecule has 260 valence electrons. The maximum atomic E-state index is 14.1. The van der Waals surface area contributed by atoms with Gasteiger partial charge < -0.3 is 25.4 Å². The number of hydrogen-bond acceptors (Lipinski definition) is 8.